The van der Waals surface area contributed by atoms with Crippen molar-refractivity contribution in [3.05, 3.63) is 22.7 Å². The topological polar surface area (TPSA) is 64.0 Å². The fourth-order valence-corrected chi connectivity index (χ4v) is 1.81. The van der Waals surface area contributed by atoms with Crippen LogP contribution in [0.5, 0.6) is 0 Å². The van der Waals surface area contributed by atoms with E-state index in [0.29, 0.717) is 30.6 Å². The number of nitrogens with one attached hydrogen (secondary N) is 1. The van der Waals surface area contributed by atoms with Gasteiger partial charge in [-0.3, -0.25) is 9.00 Å². The molecule has 5 nitrogen and oxygen atoms in total. The summed E-state index contributed by atoms with van der Waals surface area (Å²) >= 11 is 0. The molecular formula is C11H19N3O2S. The van der Waals surface area contributed by atoms with E-state index in [1.807, 2.05) is 0 Å². The Morgan fingerprint density at radius 1 is 1.53 bits per heavy atom. The number of hydrogen-bond acceptors (Lipinski definition) is 4. The van der Waals surface area contributed by atoms with Gasteiger partial charge in [-0.2, -0.15) is 0 Å². The Balaban J connectivity index is 2.73. The van der Waals surface area contributed by atoms with Crippen molar-refractivity contribution in [3.8, 4) is 0 Å². The van der Waals surface area contributed by atoms with Gasteiger partial charge in [0.05, 0.1) is 0 Å². The van der Waals surface area contributed by atoms with Crippen molar-refractivity contribution in [2.45, 2.75) is 20.4 Å². The van der Waals surface area contributed by atoms with E-state index < -0.39 is 10.8 Å². The van der Waals surface area contributed by atoms with Gasteiger partial charge in [0.15, 0.2) is 5.82 Å². The first-order valence-electron chi connectivity index (χ1n) is 5.60. The first-order valence-corrected chi connectivity index (χ1v) is 7.32. The molecule has 0 aliphatic carbocycles. The Labute approximate surface area is 104 Å². The van der Waals surface area contributed by atoms with Crippen molar-refractivity contribution in [1.82, 2.24) is 9.55 Å². The lowest BCUT2D eigenvalue weighted by atomic mass is 10.2. The fourth-order valence-electron chi connectivity index (χ4n) is 1.42. The van der Waals surface area contributed by atoms with E-state index in [1.165, 1.54) is 0 Å². The highest BCUT2D eigenvalue weighted by molar-refractivity contribution is 7.84. The van der Waals surface area contributed by atoms with E-state index >= 15 is 0 Å². The maximum absolute atomic E-state index is 11.9. The lowest BCUT2D eigenvalue weighted by Crippen LogP contribution is -2.27. The summed E-state index contributed by atoms with van der Waals surface area (Å²) in [4.78, 5) is 15.9. The van der Waals surface area contributed by atoms with E-state index in [1.54, 1.807) is 23.2 Å². The van der Waals surface area contributed by atoms with E-state index in [9.17, 15) is 9.00 Å². The van der Waals surface area contributed by atoms with Gasteiger partial charge >= 0.3 is 0 Å². The monoisotopic (exact) mass is 257 g/mol. The van der Waals surface area contributed by atoms with Crippen LogP contribution in [0.2, 0.25) is 0 Å². The molecule has 1 N–H and O–H groups in total. The largest absolute Gasteiger partial charge is 0.365 e. The summed E-state index contributed by atoms with van der Waals surface area (Å²) in [7, 11) is -0.859. The van der Waals surface area contributed by atoms with Crippen molar-refractivity contribution >= 4 is 16.6 Å². The molecule has 1 unspecified atom stereocenters. The molecule has 0 saturated heterocycles. The molecule has 0 amide bonds. The van der Waals surface area contributed by atoms with Gasteiger partial charge in [-0.1, -0.05) is 13.8 Å². The molecule has 0 bridgehead atoms. The van der Waals surface area contributed by atoms with Gasteiger partial charge < -0.3 is 9.88 Å². The summed E-state index contributed by atoms with van der Waals surface area (Å²) in [6, 6.07) is 0. The van der Waals surface area contributed by atoms with E-state index in [2.05, 4.69) is 24.1 Å². The maximum Gasteiger partial charge on any atom is 0.293 e. The highest BCUT2D eigenvalue weighted by atomic mass is 32.2. The van der Waals surface area contributed by atoms with Crippen molar-refractivity contribution in [2.24, 2.45) is 5.92 Å². The molecular weight excluding hydrogens is 238 g/mol. The summed E-state index contributed by atoms with van der Waals surface area (Å²) in [5.74, 6) is 1.25. The Kier molecular flexibility index (Phi) is 5.34. The zero-order chi connectivity index (χ0) is 12.8. The number of anilines is 1. The molecule has 6 heteroatoms. The lowest BCUT2D eigenvalue weighted by molar-refractivity contribution is 0.509. The van der Waals surface area contributed by atoms with E-state index in [-0.39, 0.29) is 5.56 Å². The Morgan fingerprint density at radius 3 is 2.82 bits per heavy atom. The van der Waals surface area contributed by atoms with Gasteiger partial charge in [0.25, 0.3) is 5.56 Å². The van der Waals surface area contributed by atoms with E-state index in [4.69, 9.17) is 0 Å². The summed E-state index contributed by atoms with van der Waals surface area (Å²) < 4.78 is 12.5. The number of aromatic nitrogens is 2. The molecule has 1 aromatic rings. The first-order chi connectivity index (χ1) is 8.00. The molecule has 0 fully saturated rings. The molecule has 1 heterocycles. The highest BCUT2D eigenvalue weighted by Gasteiger charge is 2.05. The molecule has 0 radical (unpaired) electrons. The maximum atomic E-state index is 11.9. The third-order valence-electron chi connectivity index (χ3n) is 2.16. The van der Waals surface area contributed by atoms with Crippen LogP contribution in [-0.4, -0.2) is 32.3 Å². The van der Waals surface area contributed by atoms with E-state index in [0.717, 1.165) is 0 Å². The molecule has 96 valence electrons. The smallest absolute Gasteiger partial charge is 0.293 e. The Morgan fingerprint density at radius 2 is 2.24 bits per heavy atom. The van der Waals surface area contributed by atoms with Crippen LogP contribution >= 0.6 is 0 Å². The van der Waals surface area contributed by atoms with Crippen molar-refractivity contribution in [1.29, 1.82) is 0 Å². The van der Waals surface area contributed by atoms with Crippen LogP contribution in [0.3, 0.4) is 0 Å². The molecule has 0 aliphatic heterocycles. The first kappa shape index (κ1) is 13.9. The number of nitrogens with zero attached hydrogens (tertiary/aromatic N) is 2. The van der Waals surface area contributed by atoms with Gasteiger partial charge in [0.1, 0.15) is 0 Å². The Bertz CT molecular complexity index is 443. The summed E-state index contributed by atoms with van der Waals surface area (Å²) in [6.07, 6.45) is 4.93. The molecule has 17 heavy (non-hydrogen) atoms. The summed E-state index contributed by atoms with van der Waals surface area (Å²) in [5, 5.41) is 2.92. The average Bonchev–Trinajstić information content (AvgIpc) is 2.22. The third-order valence-corrected chi connectivity index (χ3v) is 2.94. The Hall–Kier alpha value is -1.17. The zero-order valence-corrected chi connectivity index (χ0v) is 11.3. The van der Waals surface area contributed by atoms with Crippen molar-refractivity contribution < 1.29 is 4.21 Å². The highest BCUT2D eigenvalue weighted by Crippen LogP contribution is 1.98. The van der Waals surface area contributed by atoms with Gasteiger partial charge in [0.2, 0.25) is 0 Å². The number of hydrogen-bond donors (Lipinski definition) is 1. The second-order valence-electron chi connectivity index (χ2n) is 4.33. The lowest BCUT2D eigenvalue weighted by Gasteiger charge is -2.10. The van der Waals surface area contributed by atoms with Crippen LogP contribution in [0.25, 0.3) is 0 Å². The van der Waals surface area contributed by atoms with Gasteiger partial charge in [-0.25, -0.2) is 4.98 Å². The van der Waals surface area contributed by atoms with Gasteiger partial charge in [-0.05, 0) is 5.92 Å². The fraction of sp³-hybridized carbons (Fsp3) is 0.636. The van der Waals surface area contributed by atoms with Crippen LogP contribution < -0.4 is 10.9 Å². The van der Waals surface area contributed by atoms with Crippen LogP contribution in [0.1, 0.15) is 13.8 Å². The van der Waals surface area contributed by atoms with Crippen LogP contribution in [0, 0.1) is 5.92 Å². The van der Waals surface area contributed by atoms with Crippen LogP contribution in [-0.2, 0) is 17.3 Å². The SMILES string of the molecule is CC(C)Cn1ccnc(NCCS(C)=O)c1=O. The zero-order valence-electron chi connectivity index (χ0n) is 10.5. The van der Waals surface area contributed by atoms with Crippen molar-refractivity contribution in [2.75, 3.05) is 23.9 Å². The molecule has 0 spiro atoms. The minimum atomic E-state index is -0.859. The second-order valence-corrected chi connectivity index (χ2v) is 5.89. The van der Waals surface area contributed by atoms with Crippen LogP contribution in [0.15, 0.2) is 17.2 Å². The molecule has 1 aromatic heterocycles. The summed E-state index contributed by atoms with van der Waals surface area (Å²) in [6.45, 7) is 5.28. The minimum Gasteiger partial charge on any atom is -0.365 e. The standard InChI is InChI=1S/C11H19N3O2S/c1-9(2)8-14-6-4-12-10(11(14)15)13-5-7-17(3)16/h4,6,9H,5,7-8H2,1-3H3,(H,12,13). The predicted molar refractivity (Wildman–Crippen MR) is 70.8 cm³/mol. The summed E-state index contributed by atoms with van der Waals surface area (Å²) in [5.41, 5.74) is -0.122. The van der Waals surface area contributed by atoms with Crippen LogP contribution in [0.4, 0.5) is 5.82 Å². The predicted octanol–water partition coefficient (Wildman–Crippen LogP) is 0.690. The average molecular weight is 257 g/mol. The van der Waals surface area contributed by atoms with Gasteiger partial charge in [0, 0.05) is 48.3 Å². The third kappa shape index (κ3) is 4.68. The normalized spacial score (nSPS) is 12.7. The minimum absolute atomic E-state index is 0.122. The van der Waals surface area contributed by atoms with Crippen molar-refractivity contribution in [3.63, 3.8) is 0 Å². The number of rotatable bonds is 6. The molecule has 0 aromatic carbocycles. The molecule has 0 saturated carbocycles. The van der Waals surface area contributed by atoms with Gasteiger partial charge in [-0.15, -0.1) is 0 Å². The second kappa shape index (κ2) is 6.54. The molecule has 0 aliphatic rings. The molecule has 1 atom stereocenters. The molecule has 1 rings (SSSR count). The quantitative estimate of drug-likeness (QED) is 0.814.